The first-order valence-electron chi connectivity index (χ1n) is 7.98. The molecule has 1 amide bonds. The van der Waals surface area contributed by atoms with Crippen LogP contribution in [-0.4, -0.2) is 29.7 Å². The molecule has 1 aliphatic rings. The highest BCUT2D eigenvalue weighted by Crippen LogP contribution is 2.41. The van der Waals surface area contributed by atoms with Crippen LogP contribution in [0.1, 0.15) is 45.6 Å². The van der Waals surface area contributed by atoms with Crippen molar-refractivity contribution in [1.29, 1.82) is 5.26 Å². The monoisotopic (exact) mass is 352 g/mol. The summed E-state index contributed by atoms with van der Waals surface area (Å²) in [5.41, 5.74) is -0.722. The minimum atomic E-state index is -0.623. The smallest absolute Gasteiger partial charge is 0.410 e. The third-order valence-electron chi connectivity index (χ3n) is 4.31. The van der Waals surface area contributed by atoms with E-state index in [1.54, 1.807) is 17.0 Å². The van der Waals surface area contributed by atoms with Gasteiger partial charge in [-0.3, -0.25) is 0 Å². The van der Waals surface area contributed by atoms with Crippen molar-refractivity contribution in [1.82, 2.24) is 4.90 Å². The highest BCUT2D eigenvalue weighted by atomic mass is 35.5. The fraction of sp³-hybridized carbons (Fsp3) is 0.556. The molecule has 0 radical (unpaired) electrons. The first kappa shape index (κ1) is 18.5. The largest absolute Gasteiger partial charge is 0.444 e. The van der Waals surface area contributed by atoms with Gasteiger partial charge in [0.05, 0.1) is 11.1 Å². The van der Waals surface area contributed by atoms with Gasteiger partial charge in [-0.25, -0.2) is 9.18 Å². The lowest BCUT2D eigenvalue weighted by molar-refractivity contribution is 0.0164. The lowest BCUT2D eigenvalue weighted by atomic mass is 9.70. The predicted octanol–water partition coefficient (Wildman–Crippen LogP) is 4.66. The number of nitriles is 1. The van der Waals surface area contributed by atoms with Crippen molar-refractivity contribution >= 4 is 17.7 Å². The van der Waals surface area contributed by atoms with Gasteiger partial charge in [-0.2, -0.15) is 5.26 Å². The summed E-state index contributed by atoms with van der Waals surface area (Å²) in [4.78, 5) is 13.8. The lowest BCUT2D eigenvalue weighted by Gasteiger charge is -2.41. The summed E-state index contributed by atoms with van der Waals surface area (Å²) in [6, 6.07) is 7.03. The van der Waals surface area contributed by atoms with E-state index in [1.165, 1.54) is 6.07 Å². The Hall–Kier alpha value is -1.80. The number of ether oxygens (including phenoxy) is 1. The molecule has 0 aromatic heterocycles. The molecule has 1 aromatic carbocycles. The molecule has 0 aliphatic carbocycles. The van der Waals surface area contributed by atoms with Crippen LogP contribution in [0.15, 0.2) is 18.2 Å². The molecule has 2 rings (SSSR count). The van der Waals surface area contributed by atoms with E-state index >= 15 is 0 Å². The van der Waals surface area contributed by atoms with Crippen LogP contribution in [0.3, 0.4) is 0 Å². The van der Waals surface area contributed by atoms with Crippen molar-refractivity contribution in [3.63, 3.8) is 0 Å². The van der Waals surface area contributed by atoms with Crippen molar-refractivity contribution in [2.45, 2.75) is 51.0 Å². The normalized spacial score (nSPS) is 17.2. The number of likely N-dealkylation sites (tertiary alicyclic amines) is 1. The van der Waals surface area contributed by atoms with Gasteiger partial charge in [-0.05, 0) is 45.2 Å². The quantitative estimate of drug-likeness (QED) is 0.777. The average molecular weight is 353 g/mol. The van der Waals surface area contributed by atoms with Gasteiger partial charge >= 0.3 is 6.09 Å². The fourth-order valence-electron chi connectivity index (χ4n) is 3.05. The molecule has 0 bridgehead atoms. The topological polar surface area (TPSA) is 53.3 Å². The highest BCUT2D eigenvalue weighted by Gasteiger charge is 2.40. The van der Waals surface area contributed by atoms with Crippen molar-refractivity contribution in [3.8, 4) is 6.07 Å². The summed E-state index contributed by atoms with van der Waals surface area (Å²) in [6.45, 7) is 6.29. The Morgan fingerprint density at radius 1 is 1.42 bits per heavy atom. The molecule has 1 heterocycles. The Labute approximate surface area is 147 Å². The van der Waals surface area contributed by atoms with Gasteiger partial charge in [0.2, 0.25) is 0 Å². The maximum atomic E-state index is 14.5. The number of benzene rings is 1. The molecule has 1 saturated heterocycles. The van der Waals surface area contributed by atoms with E-state index in [4.69, 9.17) is 16.3 Å². The number of hydrogen-bond donors (Lipinski definition) is 0. The van der Waals surface area contributed by atoms with Gasteiger partial charge in [-0.15, -0.1) is 0 Å². The Bertz CT molecular complexity index is 656. The number of carbonyl (C=O) groups is 1. The Balaban J connectivity index is 2.20. The molecule has 0 N–H and O–H groups in total. The summed E-state index contributed by atoms with van der Waals surface area (Å²) in [5.74, 6) is -0.472. The van der Waals surface area contributed by atoms with Gasteiger partial charge in [0, 0.05) is 24.9 Å². The second-order valence-electron chi connectivity index (χ2n) is 7.18. The molecule has 24 heavy (non-hydrogen) atoms. The van der Waals surface area contributed by atoms with E-state index in [0.29, 0.717) is 31.5 Å². The Kier molecular flexibility index (Phi) is 5.39. The first-order chi connectivity index (χ1) is 11.2. The van der Waals surface area contributed by atoms with Crippen molar-refractivity contribution in [2.75, 3.05) is 13.1 Å². The number of rotatable bonds is 2. The minimum absolute atomic E-state index is 0.0550. The van der Waals surface area contributed by atoms with E-state index < -0.39 is 16.8 Å². The summed E-state index contributed by atoms with van der Waals surface area (Å²) in [7, 11) is 0. The minimum Gasteiger partial charge on any atom is -0.444 e. The SMILES string of the molecule is CC(C)(C)OC(=O)N1CCC(CC#N)(c2cccc(Cl)c2F)CC1. The van der Waals surface area contributed by atoms with Crippen LogP contribution in [0.5, 0.6) is 0 Å². The fourth-order valence-corrected chi connectivity index (χ4v) is 3.22. The molecule has 0 spiro atoms. The molecular weight excluding hydrogens is 331 g/mol. The number of piperidine rings is 1. The molecule has 0 unspecified atom stereocenters. The van der Waals surface area contributed by atoms with Gasteiger partial charge in [-0.1, -0.05) is 23.7 Å². The number of hydrogen-bond acceptors (Lipinski definition) is 3. The van der Waals surface area contributed by atoms with Crippen LogP contribution in [0.4, 0.5) is 9.18 Å². The number of carbonyl (C=O) groups excluding carboxylic acids is 1. The summed E-state index contributed by atoms with van der Waals surface area (Å²) >= 11 is 5.90. The highest BCUT2D eigenvalue weighted by molar-refractivity contribution is 6.30. The molecule has 0 atom stereocenters. The molecule has 1 aliphatic heterocycles. The average Bonchev–Trinajstić information content (AvgIpc) is 2.49. The van der Waals surface area contributed by atoms with Gasteiger partial charge in [0.15, 0.2) is 0 Å². The zero-order valence-electron chi connectivity index (χ0n) is 14.2. The molecule has 1 aromatic rings. The van der Waals surface area contributed by atoms with Crippen molar-refractivity contribution < 1.29 is 13.9 Å². The molecule has 6 heteroatoms. The maximum absolute atomic E-state index is 14.5. The van der Waals surface area contributed by atoms with E-state index in [-0.39, 0.29) is 17.5 Å². The Morgan fingerprint density at radius 2 is 2.04 bits per heavy atom. The van der Waals surface area contributed by atoms with Crippen LogP contribution in [0, 0.1) is 17.1 Å². The predicted molar refractivity (Wildman–Crippen MR) is 90.4 cm³/mol. The first-order valence-corrected chi connectivity index (χ1v) is 8.36. The van der Waals surface area contributed by atoms with E-state index in [2.05, 4.69) is 6.07 Å². The number of nitrogens with zero attached hydrogens (tertiary/aromatic N) is 2. The molecule has 0 saturated carbocycles. The summed E-state index contributed by atoms with van der Waals surface area (Å²) in [6.07, 6.45) is 0.806. The van der Waals surface area contributed by atoms with Crippen LogP contribution < -0.4 is 0 Å². The standard InChI is InChI=1S/C18H22ClFN2O2/c1-17(2,3)24-16(23)22-11-8-18(7-10-21,9-12-22)13-5-4-6-14(19)15(13)20/h4-6H,7-9,11-12H2,1-3H3. The third-order valence-corrected chi connectivity index (χ3v) is 4.60. The van der Waals surface area contributed by atoms with Crippen molar-refractivity contribution in [2.24, 2.45) is 0 Å². The third kappa shape index (κ3) is 3.99. The molecule has 4 nitrogen and oxygen atoms in total. The van der Waals surface area contributed by atoms with Gasteiger partial charge in [0.1, 0.15) is 11.4 Å². The molecule has 130 valence electrons. The van der Waals surface area contributed by atoms with Gasteiger partial charge < -0.3 is 9.64 Å². The van der Waals surface area contributed by atoms with E-state index in [1.807, 2.05) is 20.8 Å². The van der Waals surface area contributed by atoms with E-state index in [9.17, 15) is 14.4 Å². The van der Waals surface area contributed by atoms with Crippen LogP contribution in [0.2, 0.25) is 5.02 Å². The van der Waals surface area contributed by atoms with Crippen LogP contribution >= 0.6 is 11.6 Å². The Morgan fingerprint density at radius 3 is 2.58 bits per heavy atom. The second kappa shape index (κ2) is 6.98. The summed E-state index contributed by atoms with van der Waals surface area (Å²) in [5, 5.41) is 9.28. The van der Waals surface area contributed by atoms with Gasteiger partial charge in [0.25, 0.3) is 0 Å². The molecular formula is C18H22ClFN2O2. The van der Waals surface area contributed by atoms with Crippen LogP contribution in [-0.2, 0) is 10.2 Å². The number of amides is 1. The lowest BCUT2D eigenvalue weighted by Crippen LogP contribution is -2.47. The zero-order chi connectivity index (χ0) is 18.0. The maximum Gasteiger partial charge on any atom is 0.410 e. The van der Waals surface area contributed by atoms with Crippen LogP contribution in [0.25, 0.3) is 0 Å². The molecule has 1 fully saturated rings. The summed E-state index contributed by atoms with van der Waals surface area (Å²) < 4.78 is 19.9. The number of halogens is 2. The van der Waals surface area contributed by atoms with Crippen molar-refractivity contribution in [3.05, 3.63) is 34.6 Å². The second-order valence-corrected chi connectivity index (χ2v) is 7.59. The van der Waals surface area contributed by atoms with E-state index in [0.717, 1.165) is 0 Å². The zero-order valence-corrected chi connectivity index (χ0v) is 15.0.